The normalized spacial score (nSPS) is 14.1. The lowest BCUT2D eigenvalue weighted by Crippen LogP contribution is -2.36. The zero-order valence-corrected chi connectivity index (χ0v) is 19.2. The topological polar surface area (TPSA) is 96.6 Å². The van der Waals surface area contributed by atoms with Crippen molar-refractivity contribution in [2.45, 2.75) is 39.2 Å². The number of ether oxygens (including phenoxy) is 1. The number of rotatable bonds is 10. The molecule has 1 N–H and O–H groups in total. The Morgan fingerprint density at radius 3 is 2.71 bits per heavy atom. The van der Waals surface area contributed by atoms with E-state index in [2.05, 4.69) is 25.5 Å². The minimum atomic E-state index is -0.504. The Bertz CT molecular complexity index is 1070. The minimum Gasteiger partial charge on any atom is -0.490 e. The molecule has 1 amide bonds. The quantitative estimate of drug-likeness (QED) is 0.354. The Morgan fingerprint density at radius 1 is 1.21 bits per heavy atom. The largest absolute Gasteiger partial charge is 0.490 e. The summed E-state index contributed by atoms with van der Waals surface area (Å²) >= 11 is 0. The number of aromatic nitrogens is 3. The number of nitrogens with one attached hydrogen (secondary N) is 1. The Hall–Kier alpha value is -3.53. The molecule has 0 radical (unpaired) electrons. The van der Waals surface area contributed by atoms with Gasteiger partial charge in [-0.05, 0) is 51.4 Å². The molecule has 10 heteroatoms. The molecule has 0 unspecified atom stereocenters. The van der Waals surface area contributed by atoms with E-state index in [0.29, 0.717) is 23.7 Å². The van der Waals surface area contributed by atoms with Gasteiger partial charge in [-0.25, -0.2) is 19.4 Å². The maximum atomic E-state index is 14.7. The van der Waals surface area contributed by atoms with Gasteiger partial charge in [0, 0.05) is 31.1 Å². The second-order valence-electron chi connectivity index (χ2n) is 8.31. The summed E-state index contributed by atoms with van der Waals surface area (Å²) in [7, 11) is 0. The van der Waals surface area contributed by atoms with Gasteiger partial charge >= 0.3 is 0 Å². The Morgan fingerprint density at radius 2 is 2.00 bits per heavy atom. The van der Waals surface area contributed by atoms with Gasteiger partial charge in [0.15, 0.2) is 11.6 Å². The summed E-state index contributed by atoms with van der Waals surface area (Å²) in [5.41, 5.74) is 4.18. The molecule has 1 aliphatic heterocycles. The van der Waals surface area contributed by atoms with Crippen LogP contribution in [0.25, 0.3) is 0 Å². The number of aryl methyl sites for hydroxylation is 1. The van der Waals surface area contributed by atoms with Crippen molar-refractivity contribution in [2.75, 3.05) is 31.7 Å². The van der Waals surface area contributed by atoms with Crippen molar-refractivity contribution >= 4 is 11.6 Å². The molecule has 9 nitrogen and oxygen atoms in total. The Kier molecular flexibility index (Phi) is 8.03. The molecule has 1 aliphatic rings. The van der Waals surface area contributed by atoms with Gasteiger partial charge in [0.1, 0.15) is 17.8 Å². The number of hydrazine groups is 1. The summed E-state index contributed by atoms with van der Waals surface area (Å²) in [6.07, 6.45) is 8.82. The lowest BCUT2D eigenvalue weighted by molar-refractivity contribution is 0.0779. The van der Waals surface area contributed by atoms with E-state index in [-0.39, 0.29) is 23.8 Å². The number of carbonyl (C=O) groups excluding carboxylic acids is 1. The standard InChI is InChI=1S/C24H29FN6O3/c1-18-12-21(29-34-18)16-31(24(32)19-14-26-17-27-15-19)28-20-6-7-23(22(25)13-20)33-11-5-10-30-8-3-2-4-9-30/h6-7,12-15,17,28H,2-5,8-11,16H2,1H3. The predicted octanol–water partition coefficient (Wildman–Crippen LogP) is 3.84. The van der Waals surface area contributed by atoms with Gasteiger partial charge in [-0.2, -0.15) is 0 Å². The molecule has 3 heterocycles. The lowest BCUT2D eigenvalue weighted by atomic mass is 10.1. The van der Waals surface area contributed by atoms with Crippen LogP contribution in [-0.4, -0.2) is 57.2 Å². The number of benzene rings is 1. The highest BCUT2D eigenvalue weighted by atomic mass is 19.1. The maximum Gasteiger partial charge on any atom is 0.275 e. The molecule has 0 spiro atoms. The Labute approximate surface area is 197 Å². The fourth-order valence-electron chi connectivity index (χ4n) is 3.88. The monoisotopic (exact) mass is 468 g/mol. The van der Waals surface area contributed by atoms with E-state index < -0.39 is 5.82 Å². The predicted molar refractivity (Wildman–Crippen MR) is 124 cm³/mol. The van der Waals surface area contributed by atoms with Crippen LogP contribution in [0.4, 0.5) is 10.1 Å². The molecular weight excluding hydrogens is 439 g/mol. The molecule has 0 saturated carbocycles. The van der Waals surface area contributed by atoms with Gasteiger partial charge in [-0.15, -0.1) is 0 Å². The minimum absolute atomic E-state index is 0.0986. The molecule has 1 saturated heterocycles. The van der Waals surface area contributed by atoms with Crippen LogP contribution >= 0.6 is 0 Å². The number of hydrogen-bond acceptors (Lipinski definition) is 8. The van der Waals surface area contributed by atoms with Crippen molar-refractivity contribution in [2.24, 2.45) is 0 Å². The lowest BCUT2D eigenvalue weighted by Gasteiger charge is -2.26. The summed E-state index contributed by atoms with van der Waals surface area (Å²) in [6.45, 7) is 5.54. The van der Waals surface area contributed by atoms with Crippen molar-refractivity contribution in [3.05, 3.63) is 65.8 Å². The number of hydrogen-bond donors (Lipinski definition) is 1. The summed E-state index contributed by atoms with van der Waals surface area (Å²) < 4.78 is 25.5. The molecule has 34 heavy (non-hydrogen) atoms. The van der Waals surface area contributed by atoms with E-state index in [1.807, 2.05) is 0 Å². The summed E-state index contributed by atoms with van der Waals surface area (Å²) in [5, 5.41) is 5.25. The van der Waals surface area contributed by atoms with Crippen LogP contribution in [0.3, 0.4) is 0 Å². The number of amides is 1. The molecular formula is C24H29FN6O3. The molecule has 3 aromatic rings. The van der Waals surface area contributed by atoms with Crippen LogP contribution in [-0.2, 0) is 6.54 Å². The fourth-order valence-corrected chi connectivity index (χ4v) is 3.88. The summed E-state index contributed by atoms with van der Waals surface area (Å²) in [5.74, 6) is -0.0840. The SMILES string of the molecule is Cc1cc(CN(Nc2ccc(OCCCN3CCCCC3)c(F)c2)C(=O)c2cncnc2)no1. The second-order valence-corrected chi connectivity index (χ2v) is 8.31. The number of piperidine rings is 1. The highest BCUT2D eigenvalue weighted by molar-refractivity contribution is 5.94. The van der Waals surface area contributed by atoms with E-state index in [9.17, 15) is 9.18 Å². The van der Waals surface area contributed by atoms with Crippen LogP contribution in [0.15, 0.2) is 47.5 Å². The third-order valence-electron chi connectivity index (χ3n) is 5.57. The van der Waals surface area contributed by atoms with Crippen molar-refractivity contribution in [3.8, 4) is 5.75 Å². The van der Waals surface area contributed by atoms with E-state index in [1.54, 1.807) is 25.1 Å². The number of halogens is 1. The number of likely N-dealkylation sites (tertiary alicyclic amines) is 1. The maximum absolute atomic E-state index is 14.7. The third kappa shape index (κ3) is 6.50. The molecule has 4 rings (SSSR count). The molecule has 1 fully saturated rings. The van der Waals surface area contributed by atoms with Gasteiger partial charge in [-0.1, -0.05) is 11.6 Å². The first kappa shape index (κ1) is 23.6. The van der Waals surface area contributed by atoms with Crippen LogP contribution in [0.5, 0.6) is 5.75 Å². The molecule has 2 aromatic heterocycles. The molecule has 180 valence electrons. The van der Waals surface area contributed by atoms with Crippen LogP contribution in [0, 0.1) is 12.7 Å². The smallest absolute Gasteiger partial charge is 0.275 e. The van der Waals surface area contributed by atoms with Crippen molar-refractivity contribution in [1.82, 2.24) is 25.0 Å². The average Bonchev–Trinajstić information content (AvgIpc) is 3.27. The first-order valence-electron chi connectivity index (χ1n) is 11.5. The highest BCUT2D eigenvalue weighted by Gasteiger charge is 2.19. The number of anilines is 1. The molecule has 0 bridgehead atoms. The molecule has 0 aliphatic carbocycles. The zero-order valence-electron chi connectivity index (χ0n) is 19.2. The van der Waals surface area contributed by atoms with Crippen molar-refractivity contribution < 1.29 is 18.4 Å². The van der Waals surface area contributed by atoms with Gasteiger partial charge in [0.2, 0.25) is 0 Å². The van der Waals surface area contributed by atoms with Crippen molar-refractivity contribution in [3.63, 3.8) is 0 Å². The second kappa shape index (κ2) is 11.6. The van der Waals surface area contributed by atoms with Crippen LogP contribution in [0.1, 0.15) is 47.5 Å². The van der Waals surface area contributed by atoms with Gasteiger partial charge in [0.25, 0.3) is 5.91 Å². The van der Waals surface area contributed by atoms with Gasteiger partial charge in [0.05, 0.1) is 24.4 Å². The first-order valence-corrected chi connectivity index (χ1v) is 11.5. The first-order chi connectivity index (χ1) is 16.6. The van der Waals surface area contributed by atoms with E-state index in [1.165, 1.54) is 49.1 Å². The summed E-state index contributed by atoms with van der Waals surface area (Å²) in [4.78, 5) is 23.2. The van der Waals surface area contributed by atoms with E-state index >= 15 is 0 Å². The van der Waals surface area contributed by atoms with Gasteiger partial charge in [-0.3, -0.25) is 10.2 Å². The van der Waals surface area contributed by atoms with Crippen LogP contribution < -0.4 is 10.2 Å². The average molecular weight is 469 g/mol. The molecule has 1 aromatic carbocycles. The Balaban J connectivity index is 1.38. The van der Waals surface area contributed by atoms with E-state index in [4.69, 9.17) is 9.26 Å². The van der Waals surface area contributed by atoms with Gasteiger partial charge < -0.3 is 14.2 Å². The zero-order chi connectivity index (χ0) is 23.8. The van der Waals surface area contributed by atoms with E-state index in [0.717, 1.165) is 26.1 Å². The fraction of sp³-hybridized carbons (Fsp3) is 0.417. The van der Waals surface area contributed by atoms with Crippen molar-refractivity contribution in [1.29, 1.82) is 0 Å². The number of carbonyl (C=O) groups is 1. The summed E-state index contributed by atoms with van der Waals surface area (Å²) in [6, 6.07) is 6.26. The van der Waals surface area contributed by atoms with Crippen LogP contribution in [0.2, 0.25) is 0 Å². The highest BCUT2D eigenvalue weighted by Crippen LogP contribution is 2.23. The third-order valence-corrected chi connectivity index (χ3v) is 5.57. The molecule has 0 atom stereocenters. The number of nitrogens with zero attached hydrogens (tertiary/aromatic N) is 5.